The molecule has 0 spiro atoms. The lowest BCUT2D eigenvalue weighted by Crippen LogP contribution is -2.56. The van der Waals surface area contributed by atoms with Crippen LogP contribution in [0.1, 0.15) is 52.4 Å². The monoisotopic (exact) mass is 296 g/mol. The maximum atomic E-state index is 11.8. The molecule has 1 aliphatic heterocycles. The minimum atomic E-state index is -0.731. The molecule has 5 nitrogen and oxygen atoms in total. The van der Waals surface area contributed by atoms with Crippen LogP contribution in [0.15, 0.2) is 0 Å². The van der Waals surface area contributed by atoms with Gasteiger partial charge in [0, 0.05) is 24.7 Å². The van der Waals surface area contributed by atoms with Crippen molar-refractivity contribution in [1.29, 1.82) is 0 Å². The number of ether oxygens (including phenoxy) is 1. The molecule has 3 aliphatic rings. The molecular formula is C16H28N2O3. The summed E-state index contributed by atoms with van der Waals surface area (Å²) in [5, 5.41) is 13.0. The average Bonchev–Trinajstić information content (AvgIpc) is 3.04. The molecule has 2 aliphatic carbocycles. The van der Waals surface area contributed by atoms with Crippen molar-refractivity contribution in [2.24, 2.45) is 0 Å². The zero-order valence-corrected chi connectivity index (χ0v) is 13.2. The molecule has 120 valence electrons. The van der Waals surface area contributed by atoms with Crippen molar-refractivity contribution in [3.05, 3.63) is 0 Å². The van der Waals surface area contributed by atoms with Gasteiger partial charge in [-0.2, -0.15) is 0 Å². The van der Waals surface area contributed by atoms with E-state index in [0.29, 0.717) is 18.2 Å². The molecule has 0 amide bonds. The van der Waals surface area contributed by atoms with Gasteiger partial charge in [-0.25, -0.2) is 0 Å². The van der Waals surface area contributed by atoms with Gasteiger partial charge in [-0.1, -0.05) is 0 Å². The lowest BCUT2D eigenvalue weighted by atomic mass is 9.95. The second kappa shape index (κ2) is 5.86. The molecule has 1 heterocycles. The van der Waals surface area contributed by atoms with E-state index in [9.17, 15) is 9.90 Å². The van der Waals surface area contributed by atoms with Crippen LogP contribution < -0.4 is 5.32 Å². The first-order chi connectivity index (χ1) is 10.0. The molecule has 5 heteroatoms. The predicted octanol–water partition coefficient (Wildman–Crippen LogP) is 1.61. The fourth-order valence-corrected chi connectivity index (χ4v) is 4.65. The van der Waals surface area contributed by atoms with Crippen LogP contribution in [-0.4, -0.2) is 58.9 Å². The average molecular weight is 296 g/mol. The summed E-state index contributed by atoms with van der Waals surface area (Å²) in [6, 6.07) is 1.11. The number of hydrogen-bond acceptors (Lipinski definition) is 4. The third-order valence-corrected chi connectivity index (χ3v) is 5.46. The van der Waals surface area contributed by atoms with Crippen molar-refractivity contribution >= 4 is 5.97 Å². The van der Waals surface area contributed by atoms with Crippen LogP contribution in [0.4, 0.5) is 0 Å². The molecule has 0 aromatic rings. The lowest BCUT2D eigenvalue weighted by molar-refractivity contribution is -0.145. The third kappa shape index (κ3) is 2.83. The summed E-state index contributed by atoms with van der Waals surface area (Å²) < 4.78 is 5.88. The fraction of sp³-hybridized carbons (Fsp3) is 0.938. The van der Waals surface area contributed by atoms with Gasteiger partial charge >= 0.3 is 5.97 Å². The molecule has 1 saturated heterocycles. The number of carbonyl (C=O) groups is 1. The van der Waals surface area contributed by atoms with Gasteiger partial charge in [0.15, 0.2) is 0 Å². The van der Waals surface area contributed by atoms with E-state index in [4.69, 9.17) is 4.74 Å². The maximum Gasteiger partial charge on any atom is 0.323 e. The van der Waals surface area contributed by atoms with Gasteiger partial charge in [0.25, 0.3) is 0 Å². The molecule has 3 fully saturated rings. The van der Waals surface area contributed by atoms with Crippen molar-refractivity contribution in [3.8, 4) is 0 Å². The molecular weight excluding hydrogens is 268 g/mol. The van der Waals surface area contributed by atoms with Crippen molar-refractivity contribution in [3.63, 3.8) is 0 Å². The lowest BCUT2D eigenvalue weighted by Gasteiger charge is -2.42. The Morgan fingerprint density at radius 2 is 2.19 bits per heavy atom. The summed E-state index contributed by atoms with van der Waals surface area (Å²) in [6.07, 6.45) is 6.45. The minimum Gasteiger partial charge on any atom is -0.480 e. The third-order valence-electron chi connectivity index (χ3n) is 5.46. The zero-order chi connectivity index (χ0) is 15.0. The molecule has 4 atom stereocenters. The fourth-order valence-electron chi connectivity index (χ4n) is 4.65. The van der Waals surface area contributed by atoms with Crippen LogP contribution in [0.5, 0.6) is 0 Å². The molecule has 0 aromatic heterocycles. The van der Waals surface area contributed by atoms with Crippen LogP contribution in [0.2, 0.25) is 0 Å². The molecule has 2 saturated carbocycles. The number of nitrogens with one attached hydrogen (secondary N) is 1. The molecule has 0 bridgehead atoms. The number of carboxylic acids is 1. The van der Waals surface area contributed by atoms with E-state index < -0.39 is 11.5 Å². The molecule has 3 rings (SSSR count). The second-order valence-electron chi connectivity index (χ2n) is 7.23. The normalized spacial score (nSPS) is 40.6. The Kier molecular flexibility index (Phi) is 4.26. The number of carboxylic acid groups (broad SMARTS) is 1. The van der Waals surface area contributed by atoms with Gasteiger partial charge in [-0.05, 0) is 52.4 Å². The molecule has 0 aromatic carbocycles. The van der Waals surface area contributed by atoms with E-state index >= 15 is 0 Å². The van der Waals surface area contributed by atoms with Crippen LogP contribution in [0.3, 0.4) is 0 Å². The van der Waals surface area contributed by atoms with Gasteiger partial charge in [0.05, 0.1) is 12.7 Å². The largest absolute Gasteiger partial charge is 0.480 e. The molecule has 2 N–H and O–H groups in total. The Morgan fingerprint density at radius 1 is 1.38 bits per heavy atom. The van der Waals surface area contributed by atoms with E-state index in [1.165, 1.54) is 19.3 Å². The van der Waals surface area contributed by atoms with Gasteiger partial charge < -0.3 is 9.84 Å². The standard InChI is InChI=1S/C16H28N2O3/c1-11(2)17-16(15(19)20)7-6-12(10-16)18-8-9-21-14-5-3-4-13(14)18/h11-14,17H,3-10H2,1-2H3,(H,19,20). The summed E-state index contributed by atoms with van der Waals surface area (Å²) in [5.74, 6) is -0.685. The van der Waals surface area contributed by atoms with Crippen molar-refractivity contribution in [2.75, 3.05) is 13.2 Å². The topological polar surface area (TPSA) is 61.8 Å². The number of morpholine rings is 1. The van der Waals surface area contributed by atoms with Crippen LogP contribution in [-0.2, 0) is 9.53 Å². The zero-order valence-electron chi connectivity index (χ0n) is 13.2. The highest BCUT2D eigenvalue weighted by atomic mass is 16.5. The molecule has 4 unspecified atom stereocenters. The first-order valence-electron chi connectivity index (χ1n) is 8.40. The number of rotatable bonds is 4. The molecule has 21 heavy (non-hydrogen) atoms. The Bertz CT molecular complexity index is 401. The van der Waals surface area contributed by atoms with Crippen molar-refractivity contribution in [2.45, 2.75) is 82.1 Å². The van der Waals surface area contributed by atoms with Gasteiger partial charge in [-0.15, -0.1) is 0 Å². The second-order valence-corrected chi connectivity index (χ2v) is 7.23. The van der Waals surface area contributed by atoms with Gasteiger partial charge in [-0.3, -0.25) is 15.0 Å². The Labute approximate surface area is 127 Å². The minimum absolute atomic E-state index is 0.198. The highest BCUT2D eigenvalue weighted by Crippen LogP contribution is 2.39. The van der Waals surface area contributed by atoms with E-state index in [-0.39, 0.29) is 6.04 Å². The van der Waals surface area contributed by atoms with Crippen LogP contribution in [0.25, 0.3) is 0 Å². The highest BCUT2D eigenvalue weighted by Gasteiger charge is 2.50. The van der Waals surface area contributed by atoms with E-state index in [0.717, 1.165) is 32.4 Å². The summed E-state index contributed by atoms with van der Waals surface area (Å²) in [5.41, 5.74) is -0.731. The molecule has 0 radical (unpaired) electrons. The summed E-state index contributed by atoms with van der Waals surface area (Å²) in [7, 11) is 0. The van der Waals surface area contributed by atoms with Gasteiger partial charge in [0.1, 0.15) is 5.54 Å². The Morgan fingerprint density at radius 3 is 2.90 bits per heavy atom. The summed E-state index contributed by atoms with van der Waals surface area (Å²) in [6.45, 7) is 5.82. The number of fused-ring (bicyclic) bond motifs is 1. The Hall–Kier alpha value is -0.650. The highest BCUT2D eigenvalue weighted by molar-refractivity contribution is 5.79. The number of aliphatic carboxylic acids is 1. The van der Waals surface area contributed by atoms with E-state index in [2.05, 4.69) is 10.2 Å². The number of nitrogens with zero attached hydrogens (tertiary/aromatic N) is 1. The Balaban J connectivity index is 1.71. The van der Waals surface area contributed by atoms with E-state index in [1.54, 1.807) is 0 Å². The smallest absolute Gasteiger partial charge is 0.323 e. The summed E-state index contributed by atoms with van der Waals surface area (Å²) in [4.78, 5) is 14.4. The van der Waals surface area contributed by atoms with Gasteiger partial charge in [0.2, 0.25) is 0 Å². The van der Waals surface area contributed by atoms with Crippen molar-refractivity contribution in [1.82, 2.24) is 10.2 Å². The predicted molar refractivity (Wildman–Crippen MR) is 80.4 cm³/mol. The summed E-state index contributed by atoms with van der Waals surface area (Å²) >= 11 is 0. The first kappa shape index (κ1) is 15.3. The van der Waals surface area contributed by atoms with Crippen molar-refractivity contribution < 1.29 is 14.6 Å². The van der Waals surface area contributed by atoms with E-state index in [1.807, 2.05) is 13.8 Å². The maximum absolute atomic E-state index is 11.8. The number of hydrogen-bond donors (Lipinski definition) is 2. The van der Waals surface area contributed by atoms with Crippen LogP contribution in [0, 0.1) is 0 Å². The SMILES string of the molecule is CC(C)NC1(C(=O)O)CCC(N2CCOC3CCCC32)C1. The van der Waals surface area contributed by atoms with Crippen LogP contribution >= 0.6 is 0 Å². The first-order valence-corrected chi connectivity index (χ1v) is 8.40. The quantitative estimate of drug-likeness (QED) is 0.825.